The van der Waals surface area contributed by atoms with Crippen molar-refractivity contribution in [1.82, 2.24) is 0 Å². The van der Waals surface area contributed by atoms with Crippen LogP contribution in [-0.2, 0) is 15.7 Å². The van der Waals surface area contributed by atoms with Crippen LogP contribution in [0.4, 0.5) is 8.78 Å². The van der Waals surface area contributed by atoms with Crippen molar-refractivity contribution >= 4 is 17.8 Å². The Balaban J connectivity index is 2.42. The molecule has 0 bridgehead atoms. The van der Waals surface area contributed by atoms with Gasteiger partial charge in [0.25, 0.3) is 0 Å². The Morgan fingerprint density at radius 1 is 1.13 bits per heavy atom. The number of hydrogen-bond acceptors (Lipinski definition) is 2. The van der Waals surface area contributed by atoms with Gasteiger partial charge in [0.15, 0.2) is 0 Å². The minimum absolute atomic E-state index is 0.137. The zero-order chi connectivity index (χ0) is 16.6. The number of fused-ring (bicyclic) bond motifs is 2. The number of ether oxygens (including phenoxy) is 1. The van der Waals surface area contributed by atoms with E-state index in [2.05, 4.69) is 0 Å². The van der Waals surface area contributed by atoms with Crippen LogP contribution in [0.1, 0.15) is 30.6 Å². The molecule has 0 saturated heterocycles. The van der Waals surface area contributed by atoms with Gasteiger partial charge in [-0.3, -0.25) is 0 Å². The molecule has 2 atom stereocenters. The van der Waals surface area contributed by atoms with Gasteiger partial charge < -0.3 is 9.30 Å². The lowest BCUT2D eigenvalue weighted by Gasteiger charge is -2.22. The van der Waals surface area contributed by atoms with Crippen LogP contribution >= 0.6 is 7.14 Å². The fourth-order valence-electron chi connectivity index (χ4n) is 3.47. The Morgan fingerprint density at radius 3 is 2.43 bits per heavy atom. The third-order valence-electron chi connectivity index (χ3n) is 4.39. The predicted octanol–water partition coefficient (Wildman–Crippen LogP) is 3.93. The molecule has 5 heteroatoms. The first kappa shape index (κ1) is 16.4. The van der Waals surface area contributed by atoms with Crippen molar-refractivity contribution in [3.8, 4) is 0 Å². The number of rotatable bonds is 3. The topological polar surface area (TPSA) is 26.3 Å². The van der Waals surface area contributed by atoms with E-state index in [1.54, 1.807) is 24.3 Å². The first-order valence-corrected chi connectivity index (χ1v) is 9.61. The highest BCUT2D eigenvalue weighted by Gasteiger charge is 2.40. The number of halogens is 2. The van der Waals surface area contributed by atoms with E-state index in [0.29, 0.717) is 24.0 Å². The van der Waals surface area contributed by atoms with Crippen molar-refractivity contribution in [2.75, 3.05) is 13.3 Å². The smallest absolute Gasteiger partial charge is 0.149 e. The van der Waals surface area contributed by atoms with E-state index < -0.39 is 24.9 Å². The summed E-state index contributed by atoms with van der Waals surface area (Å²) >= 11 is 0. The molecule has 0 saturated carbocycles. The molecule has 2 aromatic carbocycles. The summed E-state index contributed by atoms with van der Waals surface area (Å²) in [6, 6.07) is 9.27. The third-order valence-corrected chi connectivity index (χ3v) is 7.88. The molecule has 1 aliphatic heterocycles. The van der Waals surface area contributed by atoms with Crippen molar-refractivity contribution in [2.24, 2.45) is 0 Å². The van der Waals surface area contributed by atoms with Gasteiger partial charge in [-0.1, -0.05) is 31.2 Å². The maximum Gasteiger partial charge on any atom is 0.149 e. The van der Waals surface area contributed by atoms with Crippen LogP contribution in [0.3, 0.4) is 0 Å². The lowest BCUT2D eigenvalue weighted by Crippen LogP contribution is -2.26. The largest absolute Gasteiger partial charge is 0.376 e. The minimum atomic E-state index is -3.39. The van der Waals surface area contributed by atoms with Crippen molar-refractivity contribution in [2.45, 2.75) is 25.9 Å². The van der Waals surface area contributed by atoms with Gasteiger partial charge in [-0.25, -0.2) is 8.78 Å². The molecule has 1 heterocycles. The van der Waals surface area contributed by atoms with Crippen LogP contribution in [0.2, 0.25) is 0 Å². The number of benzene rings is 2. The molecule has 0 radical (unpaired) electrons. The summed E-state index contributed by atoms with van der Waals surface area (Å²) in [5.74, 6) is -1.07. The maximum absolute atomic E-state index is 14.7. The molecule has 0 aliphatic carbocycles. The number of methoxy groups -OCH3 is 1. The highest BCUT2D eigenvalue weighted by Crippen LogP contribution is 2.50. The summed E-state index contributed by atoms with van der Waals surface area (Å²) in [5, 5.41) is 0.310. The van der Waals surface area contributed by atoms with E-state index >= 15 is 0 Å². The zero-order valence-corrected chi connectivity index (χ0v) is 14.1. The van der Waals surface area contributed by atoms with E-state index in [9.17, 15) is 13.3 Å². The average Bonchev–Trinajstić information content (AvgIpc) is 2.62. The molecule has 122 valence electrons. The molecule has 0 N–H and O–H groups in total. The second-order valence-electron chi connectivity index (χ2n) is 5.82. The van der Waals surface area contributed by atoms with E-state index in [4.69, 9.17) is 4.74 Å². The quantitative estimate of drug-likeness (QED) is 0.794. The van der Waals surface area contributed by atoms with E-state index in [1.807, 2.05) is 6.92 Å². The molecule has 2 nitrogen and oxygen atoms in total. The molecule has 0 aromatic heterocycles. The molecule has 3 rings (SSSR count). The Labute approximate surface area is 134 Å². The van der Waals surface area contributed by atoms with Crippen molar-refractivity contribution < 1.29 is 18.1 Å². The second-order valence-corrected chi connectivity index (χ2v) is 8.64. The Bertz CT molecular complexity index is 789. The summed E-state index contributed by atoms with van der Waals surface area (Å²) in [6.45, 7) is 1.87. The molecule has 1 aliphatic rings. The molecule has 0 spiro atoms. The van der Waals surface area contributed by atoms with Crippen molar-refractivity contribution in [3.63, 3.8) is 0 Å². The van der Waals surface area contributed by atoms with Gasteiger partial charge in [0, 0.05) is 19.7 Å². The van der Waals surface area contributed by atoms with Crippen LogP contribution < -0.4 is 10.6 Å². The Hall–Kier alpha value is -1.51. The SMILES string of the molecule is CCCP1(=O)c2c(F)cccc2CC(OC)c2cccc(F)c21. The monoisotopic (exact) mass is 336 g/mol. The van der Waals surface area contributed by atoms with Crippen molar-refractivity contribution in [3.05, 3.63) is 59.2 Å². The molecule has 23 heavy (non-hydrogen) atoms. The summed E-state index contributed by atoms with van der Waals surface area (Å²) < 4.78 is 48.6. The summed E-state index contributed by atoms with van der Waals surface area (Å²) in [7, 11) is -1.86. The van der Waals surface area contributed by atoms with Gasteiger partial charge in [0.1, 0.15) is 18.8 Å². The van der Waals surface area contributed by atoms with E-state index in [0.717, 1.165) is 0 Å². The van der Waals surface area contributed by atoms with Crippen LogP contribution in [-0.4, -0.2) is 13.3 Å². The minimum Gasteiger partial charge on any atom is -0.376 e. The van der Waals surface area contributed by atoms with E-state index in [-0.39, 0.29) is 16.8 Å². The summed E-state index contributed by atoms with van der Waals surface area (Å²) in [4.78, 5) is 0. The van der Waals surface area contributed by atoms with Gasteiger partial charge in [-0.05, 0) is 29.7 Å². The van der Waals surface area contributed by atoms with Crippen LogP contribution in [0, 0.1) is 11.6 Å². The molecular formula is C18H19F2O2P. The average molecular weight is 336 g/mol. The normalized spacial score (nSPS) is 23.0. The first-order chi connectivity index (χ1) is 11.0. The van der Waals surface area contributed by atoms with Crippen LogP contribution in [0.5, 0.6) is 0 Å². The highest BCUT2D eigenvalue weighted by molar-refractivity contribution is 7.79. The standard InChI is InChI=1S/C18H19F2O2P/c1-3-10-23(21)17-12(6-4-8-14(17)19)11-16(22-2)13-7-5-9-15(20)18(13)23/h4-9,16H,3,10-11H2,1-2H3. The van der Waals surface area contributed by atoms with Gasteiger partial charge in [0.05, 0.1) is 16.7 Å². The highest BCUT2D eigenvalue weighted by atomic mass is 31.2. The van der Waals surface area contributed by atoms with Gasteiger partial charge in [-0.15, -0.1) is 0 Å². The first-order valence-electron chi connectivity index (χ1n) is 7.71. The lowest BCUT2D eigenvalue weighted by atomic mass is 10.0. The van der Waals surface area contributed by atoms with Crippen molar-refractivity contribution in [1.29, 1.82) is 0 Å². The van der Waals surface area contributed by atoms with Crippen LogP contribution in [0.15, 0.2) is 36.4 Å². The Morgan fingerprint density at radius 2 is 1.78 bits per heavy atom. The molecule has 0 amide bonds. The van der Waals surface area contributed by atoms with Gasteiger partial charge in [-0.2, -0.15) is 0 Å². The molecule has 2 aromatic rings. The molecular weight excluding hydrogens is 317 g/mol. The maximum atomic E-state index is 14.7. The molecule has 2 unspecified atom stereocenters. The fourth-order valence-corrected chi connectivity index (χ4v) is 6.88. The number of hydrogen-bond donors (Lipinski definition) is 0. The summed E-state index contributed by atoms with van der Waals surface area (Å²) in [6.07, 6.45) is 0.768. The molecule has 0 fully saturated rings. The Kier molecular flexibility index (Phi) is 4.39. The second kappa shape index (κ2) is 6.18. The predicted molar refractivity (Wildman–Crippen MR) is 88.3 cm³/mol. The van der Waals surface area contributed by atoms with E-state index in [1.165, 1.54) is 19.2 Å². The third kappa shape index (κ3) is 2.54. The summed E-state index contributed by atoms with van der Waals surface area (Å²) in [5.41, 5.74) is 1.21. The fraction of sp³-hybridized carbons (Fsp3) is 0.333. The van der Waals surface area contributed by atoms with Crippen LogP contribution in [0.25, 0.3) is 0 Å². The lowest BCUT2D eigenvalue weighted by molar-refractivity contribution is 0.105. The van der Waals surface area contributed by atoms with Gasteiger partial charge in [0.2, 0.25) is 0 Å². The van der Waals surface area contributed by atoms with Gasteiger partial charge >= 0.3 is 0 Å². The zero-order valence-electron chi connectivity index (χ0n) is 13.2.